The molecule has 11 heteroatoms. The molecule has 1 rings (SSSR count). The maximum absolute atomic E-state index is 13.0. The molecule has 0 radical (unpaired) electrons. The van der Waals surface area contributed by atoms with E-state index in [1.807, 2.05) is 27.7 Å². The van der Waals surface area contributed by atoms with Gasteiger partial charge in [-0.25, -0.2) is 0 Å². The second-order valence-corrected chi connectivity index (χ2v) is 15.8. The van der Waals surface area contributed by atoms with Gasteiger partial charge in [0.25, 0.3) is 5.91 Å². The third-order valence-corrected chi connectivity index (χ3v) is 8.86. The van der Waals surface area contributed by atoms with Crippen molar-refractivity contribution in [3.8, 4) is 5.75 Å². The van der Waals surface area contributed by atoms with Gasteiger partial charge in [0.1, 0.15) is 11.8 Å². The van der Waals surface area contributed by atoms with Crippen molar-refractivity contribution in [2.45, 2.75) is 134 Å². The number of rotatable bonds is 18. The average Bonchev–Trinajstić information content (AvgIpc) is 3.02. The van der Waals surface area contributed by atoms with Gasteiger partial charge in [-0.05, 0) is 81.4 Å². The maximum Gasteiger partial charge on any atom is 0.257 e. The van der Waals surface area contributed by atoms with Crippen LogP contribution in [0.2, 0.25) is 0 Å². The van der Waals surface area contributed by atoms with E-state index in [2.05, 4.69) is 78.4 Å². The molecular formula is C40H76N6O5. The fourth-order valence-corrected chi connectivity index (χ4v) is 4.93. The van der Waals surface area contributed by atoms with E-state index >= 15 is 0 Å². The summed E-state index contributed by atoms with van der Waals surface area (Å²) in [5, 5.41) is 14.0. The minimum atomic E-state index is -0.731. The van der Waals surface area contributed by atoms with Crippen LogP contribution in [0.1, 0.15) is 134 Å². The zero-order valence-corrected chi connectivity index (χ0v) is 34.6. The number of nitrogens with one attached hydrogen (secondary N) is 3. The highest BCUT2D eigenvalue weighted by Gasteiger charge is 2.32. The number of nitrogens with two attached hydrogens (primary N) is 2. The molecule has 0 saturated carbocycles. The van der Waals surface area contributed by atoms with E-state index in [1.165, 1.54) is 13.3 Å². The van der Waals surface area contributed by atoms with Crippen molar-refractivity contribution in [3.63, 3.8) is 0 Å². The molecule has 51 heavy (non-hydrogen) atoms. The summed E-state index contributed by atoms with van der Waals surface area (Å²) in [6.07, 6.45) is 5.45. The number of allylic oxidation sites excluding steroid dienone is 1. The summed E-state index contributed by atoms with van der Waals surface area (Å²) >= 11 is 0. The molecule has 0 aliphatic carbocycles. The quantitative estimate of drug-likeness (QED) is 0.0745. The summed E-state index contributed by atoms with van der Waals surface area (Å²) in [5.74, 6) is 7.58. The Labute approximate surface area is 311 Å². The van der Waals surface area contributed by atoms with Crippen molar-refractivity contribution in [1.29, 1.82) is 0 Å². The van der Waals surface area contributed by atoms with E-state index in [1.54, 1.807) is 35.4 Å². The Bertz CT molecular complexity index is 1140. The summed E-state index contributed by atoms with van der Waals surface area (Å²) in [4.78, 5) is 38.8. The summed E-state index contributed by atoms with van der Waals surface area (Å²) in [6, 6.07) is 6.25. The summed E-state index contributed by atoms with van der Waals surface area (Å²) in [5.41, 5.74) is 9.55. The first-order valence-electron chi connectivity index (χ1n) is 18.7. The molecule has 8 N–H and O–H groups in total. The number of hydrogen-bond acceptors (Lipinski definition) is 8. The predicted molar refractivity (Wildman–Crippen MR) is 211 cm³/mol. The highest BCUT2D eigenvalue weighted by molar-refractivity contribution is 5.88. The molecule has 3 atom stereocenters. The first kappa shape index (κ1) is 49.8. The molecule has 3 unspecified atom stereocenters. The minimum Gasteiger partial charge on any atom is -0.484 e. The van der Waals surface area contributed by atoms with Gasteiger partial charge in [-0.15, -0.1) is 0 Å². The van der Waals surface area contributed by atoms with Crippen LogP contribution < -0.4 is 32.4 Å². The Hall–Kier alpha value is -3.31. The largest absolute Gasteiger partial charge is 0.484 e. The fourth-order valence-electron chi connectivity index (χ4n) is 4.93. The Morgan fingerprint density at radius 3 is 1.88 bits per heavy atom. The van der Waals surface area contributed by atoms with Crippen LogP contribution >= 0.6 is 0 Å². The zero-order valence-electron chi connectivity index (χ0n) is 34.6. The van der Waals surface area contributed by atoms with Crippen LogP contribution in [0, 0.1) is 29.1 Å². The molecule has 0 aliphatic rings. The maximum atomic E-state index is 13.0. The molecule has 0 aromatic heterocycles. The standard InChI is InChI=1S/C24H39N3O4.C11H25N3.C5H12O/c1-8-15-27(18(4)28)22(23(30)26-24(5,6)7)19-9-11-20(12-10-19)31-16-21(29)25-14-13-17(2)3;1-6-8(2)9(3)11(4,5)10(12)7-14-13;1-5(2)3-4-6/h9-12,17,22H,8,13-16H2,1-7H3,(H,25,29)(H,26,30);7-9,14H,6,12-13H2,1-5H3;5-6H,3-4H2,1-2H3/b;10-7-;. The lowest BCUT2D eigenvalue weighted by molar-refractivity contribution is -0.140. The number of hydrazine groups is 1. The van der Waals surface area contributed by atoms with Crippen LogP contribution in [0.5, 0.6) is 5.75 Å². The lowest BCUT2D eigenvalue weighted by Gasteiger charge is -2.36. The highest BCUT2D eigenvalue weighted by atomic mass is 16.5. The van der Waals surface area contributed by atoms with Crippen molar-refractivity contribution in [3.05, 3.63) is 41.7 Å². The molecule has 0 aliphatic heterocycles. The monoisotopic (exact) mass is 721 g/mol. The third-order valence-electron chi connectivity index (χ3n) is 8.86. The molecule has 0 fully saturated rings. The summed E-state index contributed by atoms with van der Waals surface area (Å²) in [6.45, 7) is 30.0. The predicted octanol–water partition coefficient (Wildman–Crippen LogP) is 6.43. The molecule has 0 saturated heterocycles. The van der Waals surface area contributed by atoms with Gasteiger partial charge in [-0.2, -0.15) is 0 Å². The number of hydrogen-bond donors (Lipinski definition) is 6. The smallest absolute Gasteiger partial charge is 0.257 e. The molecule has 0 spiro atoms. The fraction of sp³-hybridized carbons (Fsp3) is 0.725. The van der Waals surface area contributed by atoms with Gasteiger partial charge in [-0.3, -0.25) is 20.2 Å². The lowest BCUT2D eigenvalue weighted by Crippen LogP contribution is -2.49. The number of aliphatic hydroxyl groups excluding tert-OH is 1. The molecule has 3 amide bonds. The van der Waals surface area contributed by atoms with Gasteiger partial charge < -0.3 is 36.5 Å². The second-order valence-electron chi connectivity index (χ2n) is 15.8. The SMILES string of the molecule is CC(C)CCO.CCC(C)C(C)C(C)(C)/C(N)=C/NN.CCCN(C(C)=O)C(C(=O)NC(C)(C)C)c1ccc(OCC(=O)NCCC(C)C)cc1. The Morgan fingerprint density at radius 1 is 0.941 bits per heavy atom. The van der Waals surface area contributed by atoms with Crippen LogP contribution in [-0.4, -0.2) is 59.6 Å². The van der Waals surface area contributed by atoms with Crippen molar-refractivity contribution < 1.29 is 24.2 Å². The molecule has 11 nitrogen and oxygen atoms in total. The average molecular weight is 721 g/mol. The van der Waals surface area contributed by atoms with Crippen LogP contribution in [-0.2, 0) is 14.4 Å². The third kappa shape index (κ3) is 21.6. The number of carbonyl (C=O) groups is 3. The van der Waals surface area contributed by atoms with E-state index in [0.717, 1.165) is 25.0 Å². The topological polar surface area (TPSA) is 172 Å². The summed E-state index contributed by atoms with van der Waals surface area (Å²) in [7, 11) is 0. The minimum absolute atomic E-state index is 0.0121. The number of aliphatic hydroxyl groups is 1. The van der Waals surface area contributed by atoms with Crippen molar-refractivity contribution in [1.82, 2.24) is 21.0 Å². The van der Waals surface area contributed by atoms with Gasteiger partial charge in [0, 0.05) is 49.5 Å². The van der Waals surface area contributed by atoms with Crippen molar-refractivity contribution >= 4 is 17.7 Å². The Morgan fingerprint density at radius 2 is 1.49 bits per heavy atom. The van der Waals surface area contributed by atoms with Crippen LogP contribution in [0.3, 0.4) is 0 Å². The second kappa shape index (κ2) is 25.6. The lowest BCUT2D eigenvalue weighted by atomic mass is 9.71. The van der Waals surface area contributed by atoms with Gasteiger partial charge in [-0.1, -0.05) is 87.8 Å². The van der Waals surface area contributed by atoms with Crippen LogP contribution in [0.4, 0.5) is 0 Å². The van der Waals surface area contributed by atoms with Crippen molar-refractivity contribution in [2.24, 2.45) is 40.7 Å². The molecule has 296 valence electrons. The van der Waals surface area contributed by atoms with E-state index in [-0.39, 0.29) is 29.7 Å². The van der Waals surface area contributed by atoms with Gasteiger partial charge in [0.15, 0.2) is 6.61 Å². The number of nitrogens with zero attached hydrogens (tertiary/aromatic N) is 1. The van der Waals surface area contributed by atoms with E-state index in [9.17, 15) is 14.4 Å². The number of amides is 3. The van der Waals surface area contributed by atoms with Crippen LogP contribution in [0.15, 0.2) is 36.2 Å². The van der Waals surface area contributed by atoms with Gasteiger partial charge in [0.05, 0.1) is 0 Å². The van der Waals surface area contributed by atoms with E-state index in [0.29, 0.717) is 54.7 Å². The summed E-state index contributed by atoms with van der Waals surface area (Å²) < 4.78 is 5.56. The number of benzene rings is 1. The number of ether oxygens (including phenoxy) is 1. The first-order valence-corrected chi connectivity index (χ1v) is 18.7. The molecule has 1 aromatic rings. The molecule has 0 heterocycles. The van der Waals surface area contributed by atoms with Crippen LogP contribution in [0.25, 0.3) is 0 Å². The van der Waals surface area contributed by atoms with Gasteiger partial charge in [0.2, 0.25) is 11.8 Å². The van der Waals surface area contributed by atoms with Gasteiger partial charge >= 0.3 is 0 Å². The van der Waals surface area contributed by atoms with E-state index < -0.39 is 11.6 Å². The van der Waals surface area contributed by atoms with E-state index in [4.69, 9.17) is 21.4 Å². The zero-order chi connectivity index (χ0) is 39.9. The Balaban J connectivity index is 0. The van der Waals surface area contributed by atoms with Crippen molar-refractivity contribution in [2.75, 3.05) is 26.3 Å². The first-order chi connectivity index (χ1) is 23.6. The molecule has 1 aromatic carbocycles. The number of carbonyl (C=O) groups excluding carboxylic acids is 3. The molecule has 0 bridgehead atoms. The normalized spacial score (nSPS) is 13.5. The Kier molecular flexibility index (Phi) is 25.0. The highest BCUT2D eigenvalue weighted by Crippen LogP contribution is 2.37. The molecular weight excluding hydrogens is 644 g/mol.